The van der Waals surface area contributed by atoms with Crippen molar-refractivity contribution in [3.63, 3.8) is 0 Å². The Morgan fingerprint density at radius 3 is 1.31 bits per heavy atom. The summed E-state index contributed by atoms with van der Waals surface area (Å²) < 4.78 is 1.49. The Balaban J connectivity index is 1.35. The number of carbonyl (C=O) groups is 4. The first kappa shape index (κ1) is 20.8. The summed E-state index contributed by atoms with van der Waals surface area (Å²) in [6.07, 6.45) is 0. The van der Waals surface area contributed by atoms with E-state index in [1.54, 1.807) is 36.4 Å². The van der Waals surface area contributed by atoms with Crippen molar-refractivity contribution in [3.8, 4) is 0 Å². The van der Waals surface area contributed by atoms with Crippen LogP contribution in [-0.2, 0) is 22.7 Å². The first-order valence-corrected chi connectivity index (χ1v) is 11.3. The van der Waals surface area contributed by atoms with Gasteiger partial charge in [0.05, 0.1) is 35.6 Å². The molecule has 0 N–H and O–H groups in total. The lowest BCUT2D eigenvalue weighted by Gasteiger charge is -2.18. The fraction of sp³-hybridized carbons (Fsp3) is 0.0833. The predicted octanol–water partition coefficient (Wildman–Crippen LogP) is 4.67. The smallest absolute Gasteiger partial charge is 0.299 e. The van der Waals surface area contributed by atoms with Gasteiger partial charge in [0.2, 0.25) is 0 Å². The van der Waals surface area contributed by atoms with Crippen molar-refractivity contribution >= 4 is 66.6 Å². The Morgan fingerprint density at radius 1 is 0.562 bits per heavy atom. The van der Waals surface area contributed by atoms with Gasteiger partial charge in [-0.25, -0.2) is 0 Å². The molecule has 0 spiro atoms. The summed E-state index contributed by atoms with van der Waals surface area (Å²) in [7, 11) is 0. The average molecular weight is 554 g/mol. The molecule has 158 valence electrons. The maximum atomic E-state index is 12.5. The highest BCUT2D eigenvalue weighted by Crippen LogP contribution is 2.34. The zero-order valence-electron chi connectivity index (χ0n) is 16.5. The maximum Gasteiger partial charge on any atom is 0.299 e. The largest absolute Gasteiger partial charge is 0.300 e. The molecule has 5 rings (SSSR count). The molecular formula is C24H14Br2N2O4. The van der Waals surface area contributed by atoms with Gasteiger partial charge in [-0.05, 0) is 47.5 Å². The topological polar surface area (TPSA) is 74.8 Å². The lowest BCUT2D eigenvalue weighted by atomic mass is 10.1. The number of amides is 2. The fourth-order valence-electron chi connectivity index (χ4n) is 3.97. The highest BCUT2D eigenvalue weighted by molar-refractivity contribution is 9.10. The molecule has 0 unspecified atom stereocenters. The number of fused-ring (bicyclic) bond motifs is 2. The third kappa shape index (κ3) is 3.40. The van der Waals surface area contributed by atoms with Crippen molar-refractivity contribution in [2.24, 2.45) is 0 Å². The first-order valence-electron chi connectivity index (χ1n) is 9.73. The average Bonchev–Trinajstić information content (AvgIpc) is 3.15. The summed E-state index contributed by atoms with van der Waals surface area (Å²) in [6, 6.07) is 17.8. The number of benzene rings is 3. The monoisotopic (exact) mass is 552 g/mol. The molecule has 6 nitrogen and oxygen atoms in total. The van der Waals surface area contributed by atoms with Crippen LogP contribution in [0.15, 0.2) is 69.6 Å². The van der Waals surface area contributed by atoms with Crippen molar-refractivity contribution in [1.82, 2.24) is 0 Å². The molecule has 2 amide bonds. The zero-order chi connectivity index (χ0) is 22.6. The van der Waals surface area contributed by atoms with Crippen molar-refractivity contribution in [2.45, 2.75) is 13.1 Å². The zero-order valence-corrected chi connectivity index (χ0v) is 19.6. The lowest BCUT2D eigenvalue weighted by Crippen LogP contribution is -2.29. The van der Waals surface area contributed by atoms with Crippen LogP contribution >= 0.6 is 31.9 Å². The third-order valence-corrected chi connectivity index (χ3v) is 6.56. The Bertz CT molecular complexity index is 1230. The van der Waals surface area contributed by atoms with Crippen LogP contribution in [0.3, 0.4) is 0 Å². The van der Waals surface area contributed by atoms with Crippen LogP contribution in [0.5, 0.6) is 0 Å². The second-order valence-electron chi connectivity index (χ2n) is 7.58. The maximum absolute atomic E-state index is 12.5. The molecule has 2 aliphatic rings. The summed E-state index contributed by atoms with van der Waals surface area (Å²) in [5.74, 6) is -2.13. The second-order valence-corrected chi connectivity index (χ2v) is 9.41. The standard InChI is InChI=1S/C24H14Br2N2O4/c25-15-5-7-19-17(9-15)21(29)23(31)27(19)11-13-1-2-14(4-3-13)12-28-20-8-6-16(26)10-18(20)22(30)24(28)32/h1-10H,11-12H2. The van der Waals surface area contributed by atoms with Crippen LogP contribution in [-0.4, -0.2) is 23.4 Å². The molecule has 0 saturated carbocycles. The van der Waals surface area contributed by atoms with Crippen LogP contribution in [0.2, 0.25) is 0 Å². The van der Waals surface area contributed by atoms with Gasteiger partial charge in [-0.1, -0.05) is 56.1 Å². The quantitative estimate of drug-likeness (QED) is 0.440. The minimum absolute atomic E-state index is 0.261. The molecule has 3 aromatic carbocycles. The van der Waals surface area contributed by atoms with E-state index < -0.39 is 23.4 Å². The number of carbonyl (C=O) groups excluding carboxylic acids is 4. The summed E-state index contributed by atoms with van der Waals surface area (Å²) in [4.78, 5) is 52.5. The van der Waals surface area contributed by atoms with E-state index in [0.717, 1.165) is 20.1 Å². The highest BCUT2D eigenvalue weighted by atomic mass is 79.9. The fourth-order valence-corrected chi connectivity index (χ4v) is 4.70. The number of hydrogen-bond acceptors (Lipinski definition) is 4. The van der Waals surface area contributed by atoms with E-state index in [2.05, 4.69) is 31.9 Å². The molecule has 2 heterocycles. The summed E-state index contributed by atoms with van der Waals surface area (Å²) in [5.41, 5.74) is 3.66. The van der Waals surface area contributed by atoms with Gasteiger partial charge in [0.25, 0.3) is 23.4 Å². The molecule has 0 atom stereocenters. The van der Waals surface area contributed by atoms with E-state index in [1.807, 2.05) is 24.3 Å². The Hall–Kier alpha value is -3.10. The Kier molecular flexibility index (Phi) is 5.06. The van der Waals surface area contributed by atoms with Gasteiger partial charge in [-0.3, -0.25) is 19.2 Å². The molecule has 0 aliphatic carbocycles. The van der Waals surface area contributed by atoms with E-state index in [1.165, 1.54) is 9.80 Å². The van der Waals surface area contributed by atoms with Crippen molar-refractivity contribution in [2.75, 3.05) is 9.80 Å². The van der Waals surface area contributed by atoms with Crippen LogP contribution in [0, 0.1) is 0 Å². The molecule has 0 fully saturated rings. The molecule has 0 radical (unpaired) electrons. The van der Waals surface area contributed by atoms with Gasteiger partial charge in [-0.2, -0.15) is 0 Å². The summed E-state index contributed by atoms with van der Waals surface area (Å²) >= 11 is 6.66. The Labute approximate surface area is 200 Å². The van der Waals surface area contributed by atoms with Crippen molar-refractivity contribution < 1.29 is 19.2 Å². The number of Topliss-reactive ketones (excluding diaryl/α,β-unsaturated/α-hetero) is 2. The number of nitrogens with zero attached hydrogens (tertiary/aromatic N) is 2. The molecule has 8 heteroatoms. The first-order chi connectivity index (χ1) is 15.3. The van der Waals surface area contributed by atoms with Gasteiger partial charge < -0.3 is 9.80 Å². The van der Waals surface area contributed by atoms with Gasteiger partial charge in [0.1, 0.15) is 0 Å². The second kappa shape index (κ2) is 7.79. The van der Waals surface area contributed by atoms with E-state index >= 15 is 0 Å². The molecule has 32 heavy (non-hydrogen) atoms. The molecular weight excluding hydrogens is 540 g/mol. The van der Waals surface area contributed by atoms with Crippen LogP contribution in [0.4, 0.5) is 11.4 Å². The molecule has 2 aliphatic heterocycles. The van der Waals surface area contributed by atoms with E-state index in [0.29, 0.717) is 22.5 Å². The summed E-state index contributed by atoms with van der Waals surface area (Å²) in [5, 5.41) is 0. The van der Waals surface area contributed by atoms with Crippen LogP contribution in [0.1, 0.15) is 31.8 Å². The number of halogens is 2. The lowest BCUT2D eigenvalue weighted by molar-refractivity contribution is -0.115. The molecule has 0 saturated heterocycles. The van der Waals surface area contributed by atoms with Crippen LogP contribution < -0.4 is 9.80 Å². The normalized spacial score (nSPS) is 14.9. The van der Waals surface area contributed by atoms with E-state index in [9.17, 15) is 19.2 Å². The number of hydrogen-bond donors (Lipinski definition) is 0. The third-order valence-electron chi connectivity index (χ3n) is 5.57. The minimum atomic E-state index is -0.550. The van der Waals surface area contributed by atoms with E-state index in [4.69, 9.17) is 0 Å². The van der Waals surface area contributed by atoms with E-state index in [-0.39, 0.29) is 13.1 Å². The highest BCUT2D eigenvalue weighted by Gasteiger charge is 2.37. The number of rotatable bonds is 4. The summed E-state index contributed by atoms with van der Waals surface area (Å²) in [6.45, 7) is 0.523. The number of ketones is 2. The minimum Gasteiger partial charge on any atom is -0.300 e. The van der Waals surface area contributed by atoms with Gasteiger partial charge in [0.15, 0.2) is 0 Å². The van der Waals surface area contributed by atoms with Gasteiger partial charge >= 0.3 is 0 Å². The van der Waals surface area contributed by atoms with Crippen LogP contribution in [0.25, 0.3) is 0 Å². The molecule has 3 aromatic rings. The molecule has 0 bridgehead atoms. The van der Waals surface area contributed by atoms with Crippen molar-refractivity contribution in [1.29, 1.82) is 0 Å². The van der Waals surface area contributed by atoms with Crippen molar-refractivity contribution in [3.05, 3.63) is 91.9 Å². The number of anilines is 2. The van der Waals surface area contributed by atoms with Gasteiger partial charge in [-0.15, -0.1) is 0 Å². The molecule has 0 aromatic heterocycles. The Morgan fingerprint density at radius 2 is 0.938 bits per heavy atom. The SMILES string of the molecule is O=C1C(=O)N(Cc2ccc(CN3C(=O)C(=O)c4cc(Br)ccc43)cc2)c2ccc(Br)cc21. The van der Waals surface area contributed by atoms with Gasteiger partial charge in [0, 0.05) is 8.95 Å². The predicted molar refractivity (Wildman–Crippen MR) is 126 cm³/mol.